The van der Waals surface area contributed by atoms with Crippen molar-refractivity contribution in [2.45, 2.75) is 38.5 Å². The van der Waals surface area contributed by atoms with Crippen molar-refractivity contribution in [1.29, 1.82) is 0 Å². The summed E-state index contributed by atoms with van der Waals surface area (Å²) in [4.78, 5) is 32.1. The molecule has 1 aliphatic carbocycles. The first-order chi connectivity index (χ1) is 16.6. The molecule has 0 fully saturated rings. The van der Waals surface area contributed by atoms with Crippen molar-refractivity contribution in [3.63, 3.8) is 0 Å². The summed E-state index contributed by atoms with van der Waals surface area (Å²) in [7, 11) is 0. The van der Waals surface area contributed by atoms with E-state index in [2.05, 4.69) is 10.3 Å². The van der Waals surface area contributed by atoms with Gasteiger partial charge in [0.05, 0.1) is 6.42 Å². The first kappa shape index (κ1) is 22.0. The monoisotopic (exact) mass is 455 g/mol. The number of halogens is 1. The maximum atomic E-state index is 13.4. The molecule has 2 aromatic carbocycles. The predicted octanol–water partition coefficient (Wildman–Crippen LogP) is 5.32. The lowest BCUT2D eigenvalue weighted by molar-refractivity contribution is -0.118. The van der Waals surface area contributed by atoms with Crippen LogP contribution in [0.2, 0.25) is 0 Å². The molecule has 1 N–H and O–H groups in total. The fourth-order valence-corrected chi connectivity index (χ4v) is 4.82. The highest BCUT2D eigenvalue weighted by Crippen LogP contribution is 2.34. The first-order valence-corrected chi connectivity index (χ1v) is 11.7. The third-order valence-corrected chi connectivity index (χ3v) is 6.53. The molecule has 2 aliphatic rings. The van der Waals surface area contributed by atoms with E-state index in [0.29, 0.717) is 13.0 Å². The van der Waals surface area contributed by atoms with Crippen molar-refractivity contribution in [3.05, 3.63) is 95.1 Å². The molecule has 0 saturated heterocycles. The van der Waals surface area contributed by atoms with E-state index in [1.807, 2.05) is 36.4 Å². The number of anilines is 2. The summed E-state index contributed by atoms with van der Waals surface area (Å²) in [5.74, 6) is -0.373. The molecule has 2 amide bonds. The van der Waals surface area contributed by atoms with Crippen LogP contribution in [0.4, 0.5) is 15.8 Å². The SMILES string of the molecule is O=C(Nc1ccc2c(c1)CCN2C(=O)Cc1ccccn1)C1=C(c2ccc(F)cc2)CCCC1. The number of benzene rings is 2. The van der Waals surface area contributed by atoms with Crippen LogP contribution in [0.5, 0.6) is 0 Å². The molecule has 5 rings (SSSR count). The van der Waals surface area contributed by atoms with Gasteiger partial charge in [0, 0.05) is 35.4 Å². The minimum Gasteiger partial charge on any atom is -0.322 e. The molecule has 0 radical (unpaired) electrons. The Morgan fingerprint density at radius 1 is 0.971 bits per heavy atom. The van der Waals surface area contributed by atoms with Crippen molar-refractivity contribution in [3.8, 4) is 0 Å². The Morgan fingerprint density at radius 3 is 2.59 bits per heavy atom. The molecule has 0 atom stereocenters. The Bertz CT molecular complexity index is 1250. The summed E-state index contributed by atoms with van der Waals surface area (Å²) in [6.07, 6.45) is 6.20. The number of rotatable bonds is 5. The smallest absolute Gasteiger partial charge is 0.251 e. The normalized spacial score (nSPS) is 15.3. The Kier molecular flexibility index (Phi) is 6.21. The van der Waals surface area contributed by atoms with Gasteiger partial charge in [-0.25, -0.2) is 4.39 Å². The van der Waals surface area contributed by atoms with Crippen LogP contribution in [0.1, 0.15) is 42.5 Å². The van der Waals surface area contributed by atoms with Crippen LogP contribution in [0, 0.1) is 5.82 Å². The number of hydrogen-bond acceptors (Lipinski definition) is 3. The average Bonchev–Trinajstić information content (AvgIpc) is 3.29. The summed E-state index contributed by atoms with van der Waals surface area (Å²) >= 11 is 0. The number of amides is 2. The fraction of sp³-hybridized carbons (Fsp3) is 0.250. The quantitative estimate of drug-likeness (QED) is 0.567. The number of nitrogens with one attached hydrogen (secondary N) is 1. The Morgan fingerprint density at radius 2 is 1.79 bits per heavy atom. The van der Waals surface area contributed by atoms with Crippen molar-refractivity contribution in [1.82, 2.24) is 4.98 Å². The van der Waals surface area contributed by atoms with Crippen LogP contribution in [0.3, 0.4) is 0 Å². The van der Waals surface area contributed by atoms with Gasteiger partial charge in [-0.05, 0) is 91.3 Å². The highest BCUT2D eigenvalue weighted by Gasteiger charge is 2.26. The van der Waals surface area contributed by atoms with E-state index in [0.717, 1.165) is 65.0 Å². The summed E-state index contributed by atoms with van der Waals surface area (Å²) in [5, 5.41) is 3.05. The zero-order chi connectivity index (χ0) is 23.5. The number of aromatic nitrogens is 1. The highest BCUT2D eigenvalue weighted by molar-refractivity contribution is 6.09. The molecule has 1 aromatic heterocycles. The molecule has 0 unspecified atom stereocenters. The molecular weight excluding hydrogens is 429 g/mol. The van der Waals surface area contributed by atoms with E-state index in [4.69, 9.17) is 0 Å². The maximum Gasteiger partial charge on any atom is 0.251 e. The molecule has 0 spiro atoms. The van der Waals surface area contributed by atoms with E-state index < -0.39 is 0 Å². The summed E-state index contributed by atoms with van der Waals surface area (Å²) < 4.78 is 13.4. The van der Waals surface area contributed by atoms with Gasteiger partial charge in [-0.15, -0.1) is 0 Å². The lowest BCUT2D eigenvalue weighted by Gasteiger charge is -2.21. The van der Waals surface area contributed by atoms with Gasteiger partial charge in [0.15, 0.2) is 0 Å². The minimum atomic E-state index is -0.281. The van der Waals surface area contributed by atoms with E-state index in [-0.39, 0.29) is 24.1 Å². The van der Waals surface area contributed by atoms with E-state index in [1.54, 1.807) is 23.2 Å². The van der Waals surface area contributed by atoms with Gasteiger partial charge in [-0.1, -0.05) is 18.2 Å². The average molecular weight is 456 g/mol. The van der Waals surface area contributed by atoms with Crippen LogP contribution in [0.15, 0.2) is 72.4 Å². The minimum absolute atomic E-state index is 0.0190. The van der Waals surface area contributed by atoms with Gasteiger partial charge in [0.1, 0.15) is 5.82 Å². The predicted molar refractivity (Wildman–Crippen MR) is 131 cm³/mol. The van der Waals surface area contributed by atoms with Crippen molar-refractivity contribution in [2.75, 3.05) is 16.8 Å². The Labute approximate surface area is 198 Å². The van der Waals surface area contributed by atoms with Crippen LogP contribution < -0.4 is 10.2 Å². The number of allylic oxidation sites excluding steroid dienone is 1. The third kappa shape index (κ3) is 4.62. The van der Waals surface area contributed by atoms with E-state index in [9.17, 15) is 14.0 Å². The van der Waals surface area contributed by atoms with Gasteiger partial charge in [0.25, 0.3) is 5.91 Å². The number of pyridine rings is 1. The maximum absolute atomic E-state index is 13.4. The lowest BCUT2D eigenvalue weighted by atomic mass is 9.87. The first-order valence-electron chi connectivity index (χ1n) is 11.7. The largest absolute Gasteiger partial charge is 0.322 e. The van der Waals surface area contributed by atoms with Crippen LogP contribution >= 0.6 is 0 Å². The number of carbonyl (C=O) groups excluding carboxylic acids is 2. The Balaban J connectivity index is 1.32. The number of nitrogens with zero attached hydrogens (tertiary/aromatic N) is 2. The molecule has 172 valence electrons. The van der Waals surface area contributed by atoms with Crippen molar-refractivity contribution < 1.29 is 14.0 Å². The van der Waals surface area contributed by atoms with Gasteiger partial charge in [0.2, 0.25) is 5.91 Å². The van der Waals surface area contributed by atoms with E-state index >= 15 is 0 Å². The molecular formula is C28H26FN3O2. The molecule has 2 heterocycles. The van der Waals surface area contributed by atoms with Gasteiger partial charge < -0.3 is 10.2 Å². The van der Waals surface area contributed by atoms with Crippen LogP contribution in [-0.4, -0.2) is 23.3 Å². The second kappa shape index (κ2) is 9.59. The van der Waals surface area contributed by atoms with Crippen molar-refractivity contribution >= 4 is 28.8 Å². The molecule has 5 nitrogen and oxygen atoms in total. The molecule has 6 heteroatoms. The summed E-state index contributed by atoms with van der Waals surface area (Å²) in [5.41, 5.74) is 6.08. The second-order valence-corrected chi connectivity index (χ2v) is 8.76. The number of fused-ring (bicyclic) bond motifs is 1. The molecule has 0 bridgehead atoms. The zero-order valence-electron chi connectivity index (χ0n) is 18.9. The van der Waals surface area contributed by atoms with Crippen LogP contribution in [-0.2, 0) is 22.4 Å². The second-order valence-electron chi connectivity index (χ2n) is 8.76. The summed E-state index contributed by atoms with van der Waals surface area (Å²) in [6, 6.07) is 17.7. The third-order valence-electron chi connectivity index (χ3n) is 6.53. The number of hydrogen-bond donors (Lipinski definition) is 1. The van der Waals surface area contributed by atoms with Crippen LogP contribution in [0.25, 0.3) is 5.57 Å². The highest BCUT2D eigenvalue weighted by atomic mass is 19.1. The molecule has 34 heavy (non-hydrogen) atoms. The van der Waals surface area contributed by atoms with Gasteiger partial charge >= 0.3 is 0 Å². The van der Waals surface area contributed by atoms with Gasteiger partial charge in [-0.3, -0.25) is 14.6 Å². The topological polar surface area (TPSA) is 62.3 Å². The zero-order valence-corrected chi connectivity index (χ0v) is 18.9. The standard InChI is InChI=1S/C28H26FN3O2/c29-21-10-8-19(9-11-21)24-6-1-2-7-25(24)28(34)31-23-12-13-26-20(17-23)14-16-32(26)27(33)18-22-5-3-4-15-30-22/h3-5,8-13,15,17H,1-2,6-7,14,16,18H2,(H,31,34). The number of carbonyl (C=O) groups is 2. The lowest BCUT2D eigenvalue weighted by Crippen LogP contribution is -2.30. The molecule has 1 aliphatic heterocycles. The van der Waals surface area contributed by atoms with Crippen molar-refractivity contribution in [2.24, 2.45) is 0 Å². The summed E-state index contributed by atoms with van der Waals surface area (Å²) in [6.45, 7) is 0.623. The molecule has 3 aromatic rings. The molecule has 0 saturated carbocycles. The van der Waals surface area contributed by atoms with E-state index in [1.165, 1.54) is 12.1 Å². The fourth-order valence-electron chi connectivity index (χ4n) is 4.82. The van der Waals surface area contributed by atoms with Gasteiger partial charge in [-0.2, -0.15) is 0 Å². The Hall–Kier alpha value is -3.80.